The first-order valence-electron chi connectivity index (χ1n) is 9.10. The van der Waals surface area contributed by atoms with Gasteiger partial charge in [-0.25, -0.2) is 0 Å². The third-order valence-electron chi connectivity index (χ3n) is 5.20. The minimum Gasteiger partial charge on any atom is -0.354 e. The molecule has 0 saturated carbocycles. The maximum Gasteiger partial charge on any atom is 0.0509 e. The lowest BCUT2D eigenvalue weighted by atomic mass is 9.79. The van der Waals surface area contributed by atoms with Crippen molar-refractivity contribution in [3.8, 4) is 0 Å². The van der Waals surface area contributed by atoms with Crippen LogP contribution in [0, 0.1) is 0 Å². The first-order valence-corrected chi connectivity index (χ1v) is 9.10. The van der Waals surface area contributed by atoms with E-state index in [2.05, 4.69) is 80.9 Å². The van der Waals surface area contributed by atoms with Gasteiger partial charge in [-0.3, -0.25) is 0 Å². The summed E-state index contributed by atoms with van der Waals surface area (Å²) in [5.41, 5.74) is 9.08. The van der Waals surface area contributed by atoms with Gasteiger partial charge in [-0.2, -0.15) is 0 Å². The molecule has 2 aromatic carbocycles. The molecule has 1 aromatic heterocycles. The summed E-state index contributed by atoms with van der Waals surface area (Å²) < 4.78 is 0. The van der Waals surface area contributed by atoms with Crippen molar-refractivity contribution in [1.29, 1.82) is 0 Å². The second kappa shape index (κ2) is 6.40. The van der Waals surface area contributed by atoms with Gasteiger partial charge in [0.05, 0.1) is 5.69 Å². The van der Waals surface area contributed by atoms with Crippen LogP contribution in [-0.4, -0.2) is 4.98 Å². The highest BCUT2D eigenvalue weighted by Crippen LogP contribution is 2.51. The fourth-order valence-corrected chi connectivity index (χ4v) is 4.17. The van der Waals surface area contributed by atoms with Gasteiger partial charge in [0.25, 0.3) is 0 Å². The van der Waals surface area contributed by atoms with E-state index < -0.39 is 0 Å². The highest BCUT2D eigenvalue weighted by atomic mass is 14.7. The van der Waals surface area contributed by atoms with E-state index in [1.54, 1.807) is 0 Å². The fourth-order valence-electron chi connectivity index (χ4n) is 4.17. The average Bonchev–Trinajstić information content (AvgIpc) is 3.09. The van der Waals surface area contributed by atoms with E-state index in [1.807, 2.05) is 19.9 Å². The van der Waals surface area contributed by atoms with Crippen molar-refractivity contribution in [2.45, 2.75) is 40.0 Å². The van der Waals surface area contributed by atoms with Gasteiger partial charge in [0, 0.05) is 21.9 Å². The molecule has 0 spiro atoms. The number of aromatic amines is 1. The van der Waals surface area contributed by atoms with Crippen LogP contribution in [0.1, 0.15) is 57.0 Å². The number of allylic oxidation sites excluding steroid dienone is 2. The van der Waals surface area contributed by atoms with E-state index in [-0.39, 0.29) is 5.41 Å². The van der Waals surface area contributed by atoms with Crippen LogP contribution in [0.15, 0.2) is 55.1 Å². The maximum absolute atomic E-state index is 4.06. The van der Waals surface area contributed by atoms with Gasteiger partial charge >= 0.3 is 0 Å². The van der Waals surface area contributed by atoms with Gasteiger partial charge in [-0.15, -0.1) is 0 Å². The molecule has 0 atom stereocenters. The zero-order valence-corrected chi connectivity index (χ0v) is 15.9. The predicted molar refractivity (Wildman–Crippen MR) is 112 cm³/mol. The molecule has 0 amide bonds. The largest absolute Gasteiger partial charge is 0.354 e. The van der Waals surface area contributed by atoms with Gasteiger partial charge in [0.1, 0.15) is 0 Å². The summed E-state index contributed by atoms with van der Waals surface area (Å²) in [6.45, 7) is 14.9. The number of hydrogen-bond donors (Lipinski definition) is 1. The molecule has 1 aliphatic rings. The number of rotatable bonds is 2. The highest BCUT2D eigenvalue weighted by Gasteiger charge is 2.38. The molecule has 1 heteroatoms. The Kier molecular flexibility index (Phi) is 4.43. The predicted octanol–water partition coefficient (Wildman–Crippen LogP) is 7.06. The molecular weight excluding hydrogens is 302 g/mol. The van der Waals surface area contributed by atoms with Gasteiger partial charge in [-0.05, 0) is 35.3 Å². The summed E-state index contributed by atoms with van der Waals surface area (Å²) in [5, 5.41) is 1.24. The second-order valence-electron chi connectivity index (χ2n) is 6.83. The maximum atomic E-state index is 4.06. The second-order valence-corrected chi connectivity index (χ2v) is 6.83. The van der Waals surface area contributed by atoms with Crippen molar-refractivity contribution in [2.75, 3.05) is 0 Å². The van der Waals surface area contributed by atoms with Crippen LogP contribution in [0.4, 0.5) is 0 Å². The summed E-state index contributed by atoms with van der Waals surface area (Å²) >= 11 is 0. The van der Waals surface area contributed by atoms with Crippen molar-refractivity contribution in [3.05, 3.63) is 77.5 Å². The standard InChI is InChI=1S/C22H21N.C2H6/c1-5-15-17-11-7-9-13-19(17)23-21(15)20-14(2)16-10-6-8-12-18(16)22(20,3)4;1-2/h5-13,23H,1H2,2-4H3;1-2H3. The van der Waals surface area contributed by atoms with Crippen molar-refractivity contribution >= 4 is 28.1 Å². The van der Waals surface area contributed by atoms with Crippen LogP contribution in [-0.2, 0) is 5.41 Å². The zero-order chi connectivity index (χ0) is 18.2. The molecule has 0 saturated heterocycles. The van der Waals surface area contributed by atoms with E-state index in [0.29, 0.717) is 0 Å². The van der Waals surface area contributed by atoms with Crippen molar-refractivity contribution in [3.63, 3.8) is 0 Å². The Balaban J connectivity index is 0.000000880. The van der Waals surface area contributed by atoms with Crippen LogP contribution in [0.3, 0.4) is 0 Å². The van der Waals surface area contributed by atoms with Crippen LogP contribution in [0.2, 0.25) is 0 Å². The topological polar surface area (TPSA) is 15.8 Å². The minimum absolute atomic E-state index is 0.0146. The summed E-state index contributed by atoms with van der Waals surface area (Å²) in [7, 11) is 0. The average molecular weight is 329 g/mol. The van der Waals surface area contributed by atoms with E-state index in [4.69, 9.17) is 0 Å². The molecule has 128 valence electrons. The van der Waals surface area contributed by atoms with Gasteiger partial charge < -0.3 is 4.98 Å². The Morgan fingerprint density at radius 3 is 2.28 bits per heavy atom. The summed E-state index contributed by atoms with van der Waals surface area (Å²) in [5.74, 6) is 0. The molecule has 25 heavy (non-hydrogen) atoms. The lowest BCUT2D eigenvalue weighted by Crippen LogP contribution is -2.17. The van der Waals surface area contributed by atoms with Crippen LogP contribution < -0.4 is 0 Å². The summed E-state index contributed by atoms with van der Waals surface area (Å²) in [6.07, 6.45) is 1.98. The Bertz CT molecular complexity index is 967. The number of fused-ring (bicyclic) bond motifs is 2. The molecule has 1 aliphatic carbocycles. The molecule has 0 radical (unpaired) electrons. The van der Waals surface area contributed by atoms with Gasteiger partial charge in [-0.1, -0.05) is 82.8 Å². The quantitative estimate of drug-likeness (QED) is 0.518. The van der Waals surface area contributed by atoms with Crippen LogP contribution >= 0.6 is 0 Å². The third-order valence-corrected chi connectivity index (χ3v) is 5.20. The molecule has 4 rings (SSSR count). The molecule has 0 aliphatic heterocycles. The number of para-hydroxylation sites is 1. The minimum atomic E-state index is -0.0146. The van der Waals surface area contributed by atoms with Gasteiger partial charge in [0.15, 0.2) is 0 Å². The van der Waals surface area contributed by atoms with Crippen LogP contribution in [0.25, 0.3) is 28.1 Å². The monoisotopic (exact) mass is 329 g/mol. The normalized spacial score (nSPS) is 14.9. The number of benzene rings is 2. The molecule has 3 aromatic rings. The van der Waals surface area contributed by atoms with Crippen molar-refractivity contribution in [2.24, 2.45) is 0 Å². The Morgan fingerprint density at radius 1 is 0.960 bits per heavy atom. The van der Waals surface area contributed by atoms with Crippen LogP contribution in [0.5, 0.6) is 0 Å². The molecule has 0 bridgehead atoms. The third kappa shape index (κ3) is 2.46. The summed E-state index contributed by atoms with van der Waals surface area (Å²) in [6, 6.07) is 17.2. The Morgan fingerprint density at radius 2 is 1.60 bits per heavy atom. The van der Waals surface area contributed by atoms with E-state index in [0.717, 1.165) is 0 Å². The lowest BCUT2D eigenvalue weighted by Gasteiger charge is -2.25. The molecule has 0 unspecified atom stereocenters. The lowest BCUT2D eigenvalue weighted by molar-refractivity contribution is 0.701. The van der Waals surface area contributed by atoms with E-state index in [9.17, 15) is 0 Å². The van der Waals surface area contributed by atoms with E-state index >= 15 is 0 Å². The Labute approximate surface area is 151 Å². The number of nitrogens with one attached hydrogen (secondary N) is 1. The Hall–Kier alpha value is -2.54. The number of H-pyrrole nitrogens is 1. The molecular formula is C24H27N. The van der Waals surface area contributed by atoms with Gasteiger partial charge in [0.2, 0.25) is 0 Å². The molecule has 1 heterocycles. The number of aromatic nitrogens is 1. The molecule has 1 N–H and O–H groups in total. The van der Waals surface area contributed by atoms with E-state index in [1.165, 1.54) is 44.4 Å². The highest BCUT2D eigenvalue weighted by molar-refractivity contribution is 6.05. The molecule has 0 fully saturated rings. The number of hydrogen-bond acceptors (Lipinski definition) is 0. The molecule has 1 nitrogen and oxygen atoms in total. The SMILES string of the molecule is C=Cc1c(C2=C(C)c3ccccc3C2(C)C)[nH]c2ccccc12.CC. The van der Waals surface area contributed by atoms with Crippen molar-refractivity contribution in [1.82, 2.24) is 4.98 Å². The summed E-state index contributed by atoms with van der Waals surface area (Å²) in [4.78, 5) is 3.65. The zero-order valence-electron chi connectivity index (χ0n) is 15.9. The first kappa shape index (κ1) is 17.3. The first-order chi connectivity index (χ1) is 12.1. The fraction of sp³-hybridized carbons (Fsp3) is 0.250. The van der Waals surface area contributed by atoms with Crippen molar-refractivity contribution < 1.29 is 0 Å². The smallest absolute Gasteiger partial charge is 0.0509 e.